The van der Waals surface area contributed by atoms with Gasteiger partial charge < -0.3 is 0 Å². The largest absolute Gasteiger partial charge is 0.281 e. The van der Waals surface area contributed by atoms with Gasteiger partial charge in [0.1, 0.15) is 0 Å². The molecule has 1 aromatic rings. The molecule has 1 fully saturated rings. The van der Waals surface area contributed by atoms with Crippen LogP contribution >= 0.6 is 11.6 Å². The molecule has 2 heteroatoms. The van der Waals surface area contributed by atoms with E-state index >= 15 is 0 Å². The predicted octanol–water partition coefficient (Wildman–Crippen LogP) is 5.14. The van der Waals surface area contributed by atoms with Gasteiger partial charge in [0, 0.05) is 0 Å². The summed E-state index contributed by atoms with van der Waals surface area (Å²) >= 11 is 5.87. The van der Waals surface area contributed by atoms with Crippen LogP contribution < -0.4 is 0 Å². The molecular weight excluding hydrogens is 256 g/mol. The Balaban J connectivity index is 2.04. The molecule has 19 heavy (non-hydrogen) atoms. The molecule has 1 aromatic carbocycles. The van der Waals surface area contributed by atoms with Crippen molar-refractivity contribution in [3.05, 3.63) is 35.9 Å². The van der Waals surface area contributed by atoms with Gasteiger partial charge in [-0.25, -0.2) is 0 Å². The predicted molar refractivity (Wildman–Crippen MR) is 80.4 cm³/mol. The van der Waals surface area contributed by atoms with Crippen LogP contribution in [0.2, 0.25) is 0 Å². The maximum atomic E-state index is 11.8. The van der Waals surface area contributed by atoms with E-state index in [-0.39, 0.29) is 11.2 Å². The second kappa shape index (κ2) is 7.09. The number of benzene rings is 1. The highest BCUT2D eigenvalue weighted by atomic mass is 35.5. The van der Waals surface area contributed by atoms with Crippen LogP contribution in [-0.2, 0) is 4.79 Å². The first-order chi connectivity index (χ1) is 9.22. The van der Waals surface area contributed by atoms with Crippen molar-refractivity contribution in [2.45, 2.75) is 51.4 Å². The third-order valence-electron chi connectivity index (χ3n) is 4.46. The lowest BCUT2D eigenvalue weighted by Crippen LogP contribution is -2.24. The molecule has 1 saturated carbocycles. The van der Waals surface area contributed by atoms with E-state index in [1.807, 2.05) is 30.3 Å². The Morgan fingerprint density at radius 3 is 2.37 bits per heavy atom. The minimum absolute atomic E-state index is 0.106. The van der Waals surface area contributed by atoms with Crippen molar-refractivity contribution in [2.24, 2.45) is 11.8 Å². The van der Waals surface area contributed by atoms with Crippen molar-refractivity contribution in [1.82, 2.24) is 0 Å². The van der Waals surface area contributed by atoms with Crippen molar-refractivity contribution < 1.29 is 4.79 Å². The van der Waals surface area contributed by atoms with E-state index in [0.29, 0.717) is 5.92 Å². The summed E-state index contributed by atoms with van der Waals surface area (Å²) in [6, 6.07) is 10.0. The van der Waals surface area contributed by atoms with Crippen molar-refractivity contribution in [3.8, 4) is 0 Å². The van der Waals surface area contributed by atoms with Gasteiger partial charge in [0.2, 0.25) is 5.24 Å². The zero-order valence-corrected chi connectivity index (χ0v) is 12.4. The lowest BCUT2D eigenvalue weighted by atomic mass is 9.73. The summed E-state index contributed by atoms with van der Waals surface area (Å²) in [5.74, 6) is 1.19. The Morgan fingerprint density at radius 2 is 1.84 bits per heavy atom. The Morgan fingerprint density at radius 1 is 1.21 bits per heavy atom. The van der Waals surface area contributed by atoms with Gasteiger partial charge in [0.25, 0.3) is 0 Å². The van der Waals surface area contributed by atoms with E-state index in [1.54, 1.807) is 0 Å². The minimum Gasteiger partial charge on any atom is -0.281 e. The minimum atomic E-state index is -0.190. The van der Waals surface area contributed by atoms with Gasteiger partial charge in [-0.05, 0) is 41.8 Å². The molecule has 1 aliphatic rings. The number of hydrogen-bond acceptors (Lipinski definition) is 1. The van der Waals surface area contributed by atoms with Crippen molar-refractivity contribution in [2.75, 3.05) is 0 Å². The molecule has 0 aliphatic heterocycles. The summed E-state index contributed by atoms with van der Waals surface area (Å²) in [7, 11) is 0. The highest BCUT2D eigenvalue weighted by Crippen LogP contribution is 2.40. The van der Waals surface area contributed by atoms with Crippen LogP contribution in [0.5, 0.6) is 0 Å². The summed E-state index contributed by atoms with van der Waals surface area (Å²) in [5, 5.41) is -0.190. The number of hydrogen-bond donors (Lipinski definition) is 0. The molecule has 2 rings (SSSR count). The molecule has 0 bridgehead atoms. The van der Waals surface area contributed by atoms with Crippen molar-refractivity contribution in [1.29, 1.82) is 0 Å². The summed E-state index contributed by atoms with van der Waals surface area (Å²) in [4.78, 5) is 11.8. The zero-order chi connectivity index (χ0) is 13.7. The molecule has 1 atom stereocenters. The normalized spacial score (nSPS) is 24.9. The van der Waals surface area contributed by atoms with Gasteiger partial charge in [-0.1, -0.05) is 62.9 Å². The van der Waals surface area contributed by atoms with Crippen LogP contribution in [0, 0.1) is 11.8 Å². The quantitative estimate of drug-likeness (QED) is 0.682. The number of halogens is 1. The Labute approximate surface area is 121 Å². The summed E-state index contributed by atoms with van der Waals surface area (Å²) in [5.41, 5.74) is 1.08. The molecular formula is C17H23ClO. The van der Waals surface area contributed by atoms with E-state index in [0.717, 1.165) is 24.3 Å². The third kappa shape index (κ3) is 3.82. The van der Waals surface area contributed by atoms with E-state index in [4.69, 9.17) is 11.6 Å². The van der Waals surface area contributed by atoms with Crippen LogP contribution in [0.25, 0.3) is 0 Å². The smallest absolute Gasteiger partial charge is 0.229 e. The molecule has 1 nitrogen and oxygen atoms in total. The average Bonchev–Trinajstić information content (AvgIpc) is 2.42. The lowest BCUT2D eigenvalue weighted by molar-refractivity contribution is -0.114. The molecule has 0 radical (unpaired) electrons. The van der Waals surface area contributed by atoms with Gasteiger partial charge in [-0.3, -0.25) is 4.79 Å². The van der Waals surface area contributed by atoms with Crippen LogP contribution in [-0.4, -0.2) is 5.24 Å². The van der Waals surface area contributed by atoms with Crippen molar-refractivity contribution >= 4 is 16.8 Å². The monoisotopic (exact) mass is 278 g/mol. The summed E-state index contributed by atoms with van der Waals surface area (Å²) in [6.07, 6.45) is 7.40. The third-order valence-corrected chi connectivity index (χ3v) is 4.70. The van der Waals surface area contributed by atoms with Crippen molar-refractivity contribution in [3.63, 3.8) is 0 Å². The summed E-state index contributed by atoms with van der Waals surface area (Å²) < 4.78 is 0. The number of carbonyl (C=O) groups is 1. The Hall–Kier alpha value is -0.820. The first-order valence-corrected chi connectivity index (χ1v) is 7.84. The molecule has 1 aliphatic carbocycles. The van der Waals surface area contributed by atoms with Gasteiger partial charge in [-0.2, -0.15) is 0 Å². The topological polar surface area (TPSA) is 17.1 Å². The first-order valence-electron chi connectivity index (χ1n) is 7.46. The molecule has 0 N–H and O–H groups in total. The standard InChI is InChI=1S/C17H23ClO/c1-2-6-13-9-11-15(12-10-13)16(17(18)19)14-7-4-3-5-8-14/h3-5,7-8,13,15-16H,2,6,9-12H2,1H3. The van der Waals surface area contributed by atoms with Crippen LogP contribution in [0.1, 0.15) is 56.9 Å². The zero-order valence-electron chi connectivity index (χ0n) is 11.6. The second-order valence-corrected chi connectivity index (χ2v) is 6.13. The maximum absolute atomic E-state index is 11.8. The fourth-order valence-electron chi connectivity index (χ4n) is 3.47. The maximum Gasteiger partial charge on any atom is 0.229 e. The van der Waals surface area contributed by atoms with Gasteiger partial charge in [-0.15, -0.1) is 0 Å². The molecule has 104 valence electrons. The SMILES string of the molecule is CCCC1CCC(C(C(=O)Cl)c2ccccc2)CC1. The van der Waals surface area contributed by atoms with E-state index in [2.05, 4.69) is 6.92 Å². The van der Waals surface area contributed by atoms with Crippen LogP contribution in [0.3, 0.4) is 0 Å². The molecule has 1 unspecified atom stereocenters. The molecule has 0 aromatic heterocycles. The van der Waals surface area contributed by atoms with E-state index in [1.165, 1.54) is 25.7 Å². The van der Waals surface area contributed by atoms with Gasteiger partial charge >= 0.3 is 0 Å². The lowest BCUT2D eigenvalue weighted by Gasteiger charge is -2.32. The first kappa shape index (κ1) is 14.6. The number of rotatable bonds is 5. The van der Waals surface area contributed by atoms with E-state index in [9.17, 15) is 4.79 Å². The molecule has 0 amide bonds. The number of carbonyl (C=O) groups excluding carboxylic acids is 1. The Kier molecular flexibility index (Phi) is 5.45. The van der Waals surface area contributed by atoms with Gasteiger partial charge in [0.15, 0.2) is 0 Å². The van der Waals surface area contributed by atoms with E-state index < -0.39 is 0 Å². The highest BCUT2D eigenvalue weighted by molar-refractivity contribution is 6.64. The summed E-state index contributed by atoms with van der Waals surface area (Å²) in [6.45, 7) is 2.25. The molecule has 0 heterocycles. The van der Waals surface area contributed by atoms with Crippen LogP contribution in [0.4, 0.5) is 0 Å². The van der Waals surface area contributed by atoms with Crippen LogP contribution in [0.15, 0.2) is 30.3 Å². The van der Waals surface area contributed by atoms with Gasteiger partial charge in [0.05, 0.1) is 5.92 Å². The highest BCUT2D eigenvalue weighted by Gasteiger charge is 2.31. The Bertz CT molecular complexity index is 393. The second-order valence-electron chi connectivity index (χ2n) is 5.76. The fourth-order valence-corrected chi connectivity index (χ4v) is 3.77. The molecule has 0 spiro atoms. The average molecular weight is 279 g/mol. The fraction of sp³-hybridized carbons (Fsp3) is 0.588. The molecule has 0 saturated heterocycles.